The summed E-state index contributed by atoms with van der Waals surface area (Å²) in [7, 11) is 0. The van der Waals surface area contributed by atoms with Crippen molar-refractivity contribution in [1.82, 2.24) is 10.2 Å². The Kier molecular flexibility index (Phi) is 5.17. The first-order chi connectivity index (χ1) is 8.79. The number of hydrogen-bond donors (Lipinski definition) is 2. The van der Waals surface area contributed by atoms with Crippen LogP contribution in [0.25, 0.3) is 0 Å². The Morgan fingerprint density at radius 1 is 1.39 bits per heavy atom. The largest absolute Gasteiger partial charge is 0.395 e. The average Bonchev–Trinajstić information content (AvgIpc) is 2.85. The molecule has 0 spiro atoms. The van der Waals surface area contributed by atoms with Crippen molar-refractivity contribution >= 4 is 0 Å². The van der Waals surface area contributed by atoms with Crippen molar-refractivity contribution in [2.75, 3.05) is 26.2 Å². The highest BCUT2D eigenvalue weighted by Crippen LogP contribution is 2.13. The number of nitrogens with zero attached hydrogens (tertiary/aromatic N) is 1. The first kappa shape index (κ1) is 13.5. The summed E-state index contributed by atoms with van der Waals surface area (Å²) >= 11 is 0. The fraction of sp³-hybridized carbons (Fsp3) is 0.600. The van der Waals surface area contributed by atoms with Gasteiger partial charge in [0.25, 0.3) is 0 Å². The van der Waals surface area contributed by atoms with Crippen LogP contribution in [-0.4, -0.2) is 42.3 Å². The number of nitrogens with one attached hydrogen (secondary N) is 1. The quantitative estimate of drug-likeness (QED) is 0.801. The molecule has 1 aliphatic rings. The molecule has 1 aromatic rings. The highest BCUT2D eigenvalue weighted by atomic mass is 16.3. The number of benzene rings is 1. The predicted molar refractivity (Wildman–Crippen MR) is 74.6 cm³/mol. The van der Waals surface area contributed by atoms with Gasteiger partial charge in [0.2, 0.25) is 0 Å². The smallest absolute Gasteiger partial charge is 0.0558 e. The van der Waals surface area contributed by atoms with Gasteiger partial charge in [-0.3, -0.25) is 4.90 Å². The van der Waals surface area contributed by atoms with Gasteiger partial charge in [0, 0.05) is 25.7 Å². The molecule has 1 saturated heterocycles. The summed E-state index contributed by atoms with van der Waals surface area (Å²) in [5, 5.41) is 12.7. The molecule has 3 heteroatoms. The number of rotatable bonds is 6. The van der Waals surface area contributed by atoms with E-state index in [2.05, 4.69) is 41.4 Å². The molecule has 18 heavy (non-hydrogen) atoms. The Balaban J connectivity index is 1.94. The zero-order valence-corrected chi connectivity index (χ0v) is 11.2. The number of aliphatic hydroxyl groups excluding tert-OH is 1. The fourth-order valence-corrected chi connectivity index (χ4v) is 2.63. The van der Waals surface area contributed by atoms with Crippen LogP contribution in [-0.2, 0) is 6.54 Å². The normalized spacial score (nSPS) is 19.6. The van der Waals surface area contributed by atoms with E-state index in [0.717, 1.165) is 26.2 Å². The zero-order valence-electron chi connectivity index (χ0n) is 11.2. The molecular weight excluding hydrogens is 224 g/mol. The van der Waals surface area contributed by atoms with Gasteiger partial charge in [-0.05, 0) is 37.4 Å². The minimum Gasteiger partial charge on any atom is -0.395 e. The van der Waals surface area contributed by atoms with E-state index in [4.69, 9.17) is 0 Å². The molecule has 1 unspecified atom stereocenters. The summed E-state index contributed by atoms with van der Waals surface area (Å²) in [6, 6.07) is 9.10. The molecule has 1 fully saturated rings. The molecular formula is C15H24N2O. The Hall–Kier alpha value is -0.900. The first-order valence-electron chi connectivity index (χ1n) is 6.90. The summed E-state index contributed by atoms with van der Waals surface area (Å²) in [4.78, 5) is 2.35. The number of aliphatic hydroxyl groups is 1. The van der Waals surface area contributed by atoms with Gasteiger partial charge in [0.15, 0.2) is 0 Å². The van der Waals surface area contributed by atoms with Crippen LogP contribution < -0.4 is 5.32 Å². The van der Waals surface area contributed by atoms with E-state index in [1.165, 1.54) is 24.0 Å². The molecule has 1 aromatic carbocycles. The number of hydrogen-bond acceptors (Lipinski definition) is 3. The van der Waals surface area contributed by atoms with Gasteiger partial charge >= 0.3 is 0 Å². The van der Waals surface area contributed by atoms with Crippen molar-refractivity contribution < 1.29 is 5.11 Å². The van der Waals surface area contributed by atoms with Crippen LogP contribution in [0.5, 0.6) is 0 Å². The van der Waals surface area contributed by atoms with Crippen LogP contribution in [0.15, 0.2) is 24.3 Å². The second kappa shape index (κ2) is 6.88. The van der Waals surface area contributed by atoms with Gasteiger partial charge in [-0.1, -0.05) is 24.3 Å². The highest BCUT2D eigenvalue weighted by Gasteiger charge is 2.18. The third-order valence-electron chi connectivity index (χ3n) is 3.71. The molecule has 100 valence electrons. The van der Waals surface area contributed by atoms with Crippen LogP contribution >= 0.6 is 0 Å². The Morgan fingerprint density at radius 3 is 2.89 bits per heavy atom. The lowest BCUT2D eigenvalue weighted by Crippen LogP contribution is -2.38. The maximum atomic E-state index is 9.20. The second-order valence-corrected chi connectivity index (χ2v) is 5.18. The first-order valence-corrected chi connectivity index (χ1v) is 6.90. The fourth-order valence-electron chi connectivity index (χ4n) is 2.63. The Bertz CT molecular complexity index is 361. The van der Waals surface area contributed by atoms with E-state index in [9.17, 15) is 5.11 Å². The Morgan fingerprint density at radius 2 is 2.22 bits per heavy atom. The summed E-state index contributed by atoms with van der Waals surface area (Å²) in [6.07, 6.45) is 2.54. The van der Waals surface area contributed by atoms with Gasteiger partial charge in [-0.2, -0.15) is 0 Å². The minimum absolute atomic E-state index is 0.235. The van der Waals surface area contributed by atoms with Gasteiger partial charge in [-0.25, -0.2) is 0 Å². The lowest BCUT2D eigenvalue weighted by atomic mass is 10.1. The van der Waals surface area contributed by atoms with E-state index in [0.29, 0.717) is 6.04 Å². The topological polar surface area (TPSA) is 35.5 Å². The molecule has 1 aliphatic heterocycles. The standard InChI is InChI=1S/C15H24N2O/c1-13-5-2-3-6-14(13)11-17(9-10-18)12-15-7-4-8-16-15/h2-3,5-6,15-16,18H,4,7-12H2,1H3. The molecule has 2 rings (SSSR count). The third kappa shape index (κ3) is 3.80. The van der Waals surface area contributed by atoms with E-state index >= 15 is 0 Å². The van der Waals surface area contributed by atoms with Crippen molar-refractivity contribution in [3.63, 3.8) is 0 Å². The molecule has 0 aromatic heterocycles. The molecule has 0 radical (unpaired) electrons. The monoisotopic (exact) mass is 248 g/mol. The molecule has 1 heterocycles. The van der Waals surface area contributed by atoms with E-state index in [1.807, 2.05) is 0 Å². The SMILES string of the molecule is Cc1ccccc1CN(CCO)CC1CCCN1. The lowest BCUT2D eigenvalue weighted by molar-refractivity contribution is 0.179. The van der Waals surface area contributed by atoms with Crippen LogP contribution in [0.4, 0.5) is 0 Å². The van der Waals surface area contributed by atoms with Crippen LogP contribution in [0.3, 0.4) is 0 Å². The predicted octanol–water partition coefficient (Wildman–Crippen LogP) is 1.54. The zero-order chi connectivity index (χ0) is 12.8. The van der Waals surface area contributed by atoms with Crippen molar-refractivity contribution in [2.45, 2.75) is 32.4 Å². The third-order valence-corrected chi connectivity index (χ3v) is 3.71. The Labute approximate surface area is 110 Å². The van der Waals surface area contributed by atoms with Crippen molar-refractivity contribution in [3.05, 3.63) is 35.4 Å². The van der Waals surface area contributed by atoms with Gasteiger partial charge in [0.1, 0.15) is 0 Å². The molecule has 3 nitrogen and oxygen atoms in total. The molecule has 2 N–H and O–H groups in total. The van der Waals surface area contributed by atoms with Crippen LogP contribution in [0.2, 0.25) is 0 Å². The average molecular weight is 248 g/mol. The van der Waals surface area contributed by atoms with E-state index in [-0.39, 0.29) is 6.61 Å². The highest BCUT2D eigenvalue weighted by molar-refractivity contribution is 5.25. The van der Waals surface area contributed by atoms with Crippen molar-refractivity contribution in [1.29, 1.82) is 0 Å². The summed E-state index contributed by atoms with van der Waals surface area (Å²) in [6.45, 7) is 6.26. The van der Waals surface area contributed by atoms with Gasteiger partial charge in [0.05, 0.1) is 6.61 Å². The summed E-state index contributed by atoms with van der Waals surface area (Å²) in [5.74, 6) is 0. The van der Waals surface area contributed by atoms with Crippen LogP contribution in [0, 0.1) is 6.92 Å². The van der Waals surface area contributed by atoms with Crippen molar-refractivity contribution in [3.8, 4) is 0 Å². The maximum absolute atomic E-state index is 9.20. The maximum Gasteiger partial charge on any atom is 0.0558 e. The molecule has 1 atom stereocenters. The summed E-state index contributed by atoms with van der Waals surface area (Å²) < 4.78 is 0. The van der Waals surface area contributed by atoms with E-state index < -0.39 is 0 Å². The van der Waals surface area contributed by atoms with Crippen molar-refractivity contribution in [2.24, 2.45) is 0 Å². The molecule has 0 saturated carbocycles. The second-order valence-electron chi connectivity index (χ2n) is 5.18. The molecule has 0 bridgehead atoms. The van der Waals surface area contributed by atoms with Crippen LogP contribution in [0.1, 0.15) is 24.0 Å². The van der Waals surface area contributed by atoms with Gasteiger partial charge < -0.3 is 10.4 Å². The molecule has 0 amide bonds. The van der Waals surface area contributed by atoms with Gasteiger partial charge in [-0.15, -0.1) is 0 Å². The summed E-state index contributed by atoms with van der Waals surface area (Å²) in [5.41, 5.74) is 2.70. The number of aryl methyl sites for hydroxylation is 1. The van der Waals surface area contributed by atoms with E-state index in [1.54, 1.807) is 0 Å². The lowest BCUT2D eigenvalue weighted by Gasteiger charge is -2.25. The minimum atomic E-state index is 0.235. The molecule has 0 aliphatic carbocycles.